The lowest BCUT2D eigenvalue weighted by molar-refractivity contribution is 0.231. The second kappa shape index (κ2) is 5.34. The van der Waals surface area contributed by atoms with Crippen LogP contribution in [0.2, 0.25) is 5.02 Å². The minimum atomic E-state index is -0.441. The largest absolute Gasteiger partial charge is 0.394 e. The number of halogens is 2. The summed E-state index contributed by atoms with van der Waals surface area (Å²) in [6.45, 7) is 2.06. The Balaban J connectivity index is 2.07. The van der Waals surface area contributed by atoms with Crippen LogP contribution < -0.4 is 5.32 Å². The summed E-state index contributed by atoms with van der Waals surface area (Å²) in [6.07, 6.45) is 2.47. The maximum Gasteiger partial charge on any atom is 0.142 e. The molecule has 0 bridgehead atoms. The van der Waals surface area contributed by atoms with Crippen LogP contribution in [0.4, 0.5) is 4.39 Å². The Hall–Kier alpha value is -0.640. The molecule has 1 saturated carbocycles. The molecule has 1 aromatic rings. The van der Waals surface area contributed by atoms with Crippen LogP contribution in [0, 0.1) is 11.7 Å². The normalized spacial score (nSPS) is 19.1. The maximum absolute atomic E-state index is 13.3. The summed E-state index contributed by atoms with van der Waals surface area (Å²) < 4.78 is 13.3. The zero-order valence-corrected chi connectivity index (χ0v) is 10.5. The molecule has 17 heavy (non-hydrogen) atoms. The van der Waals surface area contributed by atoms with Crippen molar-refractivity contribution in [1.82, 2.24) is 5.32 Å². The molecule has 2 N–H and O–H groups in total. The lowest BCUT2D eigenvalue weighted by Crippen LogP contribution is -2.34. The van der Waals surface area contributed by atoms with E-state index in [1.54, 1.807) is 6.07 Å². The van der Waals surface area contributed by atoms with E-state index in [9.17, 15) is 9.50 Å². The number of benzene rings is 1. The molecule has 0 amide bonds. The van der Waals surface area contributed by atoms with Gasteiger partial charge in [0.25, 0.3) is 0 Å². The molecule has 0 saturated heterocycles. The topological polar surface area (TPSA) is 32.3 Å². The van der Waals surface area contributed by atoms with Crippen molar-refractivity contribution in [2.75, 3.05) is 6.61 Å². The van der Waals surface area contributed by atoms with Gasteiger partial charge in [-0.25, -0.2) is 4.39 Å². The summed E-state index contributed by atoms with van der Waals surface area (Å²) in [4.78, 5) is 0. The van der Waals surface area contributed by atoms with Crippen molar-refractivity contribution in [2.24, 2.45) is 5.92 Å². The molecule has 1 aromatic carbocycles. The predicted octanol–water partition coefficient (Wildman–Crippen LogP) is 2.90. The van der Waals surface area contributed by atoms with E-state index in [1.165, 1.54) is 25.0 Å². The van der Waals surface area contributed by atoms with Crippen molar-refractivity contribution in [2.45, 2.75) is 31.8 Å². The molecule has 2 atom stereocenters. The SMILES string of the molecule is C[C@@H](N[C@H](CO)c1ccc(Cl)c(F)c1)C1CC1. The lowest BCUT2D eigenvalue weighted by atomic mass is 10.1. The molecule has 4 heteroatoms. The highest BCUT2D eigenvalue weighted by Crippen LogP contribution is 2.33. The quantitative estimate of drug-likeness (QED) is 0.850. The van der Waals surface area contributed by atoms with Gasteiger partial charge >= 0.3 is 0 Å². The average Bonchev–Trinajstić information content (AvgIpc) is 3.13. The summed E-state index contributed by atoms with van der Waals surface area (Å²) >= 11 is 5.64. The average molecular weight is 258 g/mol. The van der Waals surface area contributed by atoms with Crippen LogP contribution in [0.15, 0.2) is 18.2 Å². The van der Waals surface area contributed by atoms with Crippen LogP contribution >= 0.6 is 11.6 Å². The zero-order chi connectivity index (χ0) is 12.4. The number of nitrogens with one attached hydrogen (secondary N) is 1. The molecular formula is C13H17ClFNO. The van der Waals surface area contributed by atoms with Crippen molar-refractivity contribution in [1.29, 1.82) is 0 Å². The molecule has 94 valence electrons. The molecule has 1 aliphatic rings. The molecule has 0 radical (unpaired) electrons. The Morgan fingerprint density at radius 2 is 2.24 bits per heavy atom. The Morgan fingerprint density at radius 1 is 1.53 bits per heavy atom. The van der Waals surface area contributed by atoms with Crippen LogP contribution in [0.5, 0.6) is 0 Å². The molecule has 1 aliphatic carbocycles. The van der Waals surface area contributed by atoms with Gasteiger partial charge in [0.05, 0.1) is 17.7 Å². The number of hydrogen-bond acceptors (Lipinski definition) is 2. The Labute approximate surface area is 106 Å². The van der Waals surface area contributed by atoms with Crippen molar-refractivity contribution in [3.63, 3.8) is 0 Å². The first-order chi connectivity index (χ1) is 8.11. The van der Waals surface area contributed by atoms with Crippen molar-refractivity contribution in [3.8, 4) is 0 Å². The highest BCUT2D eigenvalue weighted by Gasteiger charge is 2.29. The third-order valence-corrected chi connectivity index (χ3v) is 3.63. The summed E-state index contributed by atoms with van der Waals surface area (Å²) in [5.41, 5.74) is 0.738. The first kappa shape index (κ1) is 12.8. The number of aliphatic hydroxyl groups is 1. The van der Waals surface area contributed by atoms with E-state index < -0.39 is 5.82 Å². The van der Waals surface area contributed by atoms with Crippen LogP contribution in [-0.2, 0) is 0 Å². The molecule has 0 aromatic heterocycles. The second-order valence-corrected chi connectivity index (χ2v) is 5.11. The van der Waals surface area contributed by atoms with Crippen LogP contribution in [-0.4, -0.2) is 17.8 Å². The van der Waals surface area contributed by atoms with Gasteiger partial charge in [-0.2, -0.15) is 0 Å². The maximum atomic E-state index is 13.3. The van der Waals surface area contributed by atoms with E-state index in [0.29, 0.717) is 12.0 Å². The third-order valence-electron chi connectivity index (χ3n) is 3.32. The fraction of sp³-hybridized carbons (Fsp3) is 0.538. The van der Waals surface area contributed by atoms with E-state index in [2.05, 4.69) is 12.2 Å². The van der Waals surface area contributed by atoms with Gasteiger partial charge in [0.2, 0.25) is 0 Å². The first-order valence-electron chi connectivity index (χ1n) is 5.93. The Bertz CT molecular complexity index is 395. The summed E-state index contributed by atoms with van der Waals surface area (Å²) in [5, 5.41) is 12.8. The molecule has 0 unspecified atom stereocenters. The lowest BCUT2D eigenvalue weighted by Gasteiger charge is -2.22. The Morgan fingerprint density at radius 3 is 2.76 bits per heavy atom. The van der Waals surface area contributed by atoms with Gasteiger partial charge in [-0.15, -0.1) is 0 Å². The second-order valence-electron chi connectivity index (χ2n) is 4.70. The number of rotatable bonds is 5. The Kier molecular flexibility index (Phi) is 4.02. The molecule has 1 fully saturated rings. The highest BCUT2D eigenvalue weighted by molar-refractivity contribution is 6.30. The van der Waals surface area contributed by atoms with Crippen molar-refractivity contribution in [3.05, 3.63) is 34.6 Å². The standard InChI is InChI=1S/C13H17ClFNO/c1-8(9-2-3-9)16-13(7-17)10-4-5-11(14)12(15)6-10/h4-6,8-9,13,16-17H,2-3,7H2,1H3/t8-,13-/m1/s1. The van der Waals surface area contributed by atoms with Gasteiger partial charge in [-0.05, 0) is 43.4 Å². The van der Waals surface area contributed by atoms with E-state index >= 15 is 0 Å². The monoisotopic (exact) mass is 257 g/mol. The van der Waals surface area contributed by atoms with Gasteiger partial charge < -0.3 is 10.4 Å². The predicted molar refractivity (Wildman–Crippen MR) is 66.6 cm³/mol. The summed E-state index contributed by atoms with van der Waals surface area (Å²) in [5.74, 6) is 0.254. The van der Waals surface area contributed by atoms with Crippen molar-refractivity contribution < 1.29 is 9.50 Å². The van der Waals surface area contributed by atoms with E-state index in [-0.39, 0.29) is 17.7 Å². The number of hydrogen-bond donors (Lipinski definition) is 2. The van der Waals surface area contributed by atoms with Gasteiger partial charge in [-0.3, -0.25) is 0 Å². The smallest absolute Gasteiger partial charge is 0.142 e. The summed E-state index contributed by atoms with van der Waals surface area (Å²) in [6, 6.07) is 4.79. The molecule has 2 rings (SSSR count). The van der Waals surface area contributed by atoms with Crippen LogP contribution in [0.25, 0.3) is 0 Å². The highest BCUT2D eigenvalue weighted by atomic mass is 35.5. The van der Waals surface area contributed by atoms with Crippen molar-refractivity contribution >= 4 is 11.6 Å². The fourth-order valence-corrected chi connectivity index (χ4v) is 2.15. The molecular weight excluding hydrogens is 241 g/mol. The third kappa shape index (κ3) is 3.18. The van der Waals surface area contributed by atoms with Gasteiger partial charge in [-0.1, -0.05) is 17.7 Å². The zero-order valence-electron chi connectivity index (χ0n) is 9.79. The molecule has 0 aliphatic heterocycles. The van der Waals surface area contributed by atoms with Crippen LogP contribution in [0.3, 0.4) is 0 Å². The van der Waals surface area contributed by atoms with E-state index in [0.717, 1.165) is 5.56 Å². The van der Waals surface area contributed by atoms with E-state index in [4.69, 9.17) is 11.6 Å². The minimum Gasteiger partial charge on any atom is -0.394 e. The molecule has 2 nitrogen and oxygen atoms in total. The van der Waals surface area contributed by atoms with Gasteiger partial charge in [0, 0.05) is 6.04 Å². The minimum absolute atomic E-state index is 0.0435. The first-order valence-corrected chi connectivity index (χ1v) is 6.31. The van der Waals surface area contributed by atoms with Crippen LogP contribution in [0.1, 0.15) is 31.4 Å². The van der Waals surface area contributed by atoms with Gasteiger partial charge in [0.1, 0.15) is 5.82 Å². The van der Waals surface area contributed by atoms with Gasteiger partial charge in [0.15, 0.2) is 0 Å². The number of aliphatic hydroxyl groups excluding tert-OH is 1. The molecule has 0 spiro atoms. The fourth-order valence-electron chi connectivity index (χ4n) is 2.03. The van der Waals surface area contributed by atoms with E-state index in [1.807, 2.05) is 0 Å². The molecule has 0 heterocycles. The summed E-state index contributed by atoms with van der Waals surface area (Å²) in [7, 11) is 0.